The zero-order chi connectivity index (χ0) is 33.8. The second-order valence-electron chi connectivity index (χ2n) is 11.8. The monoisotopic (exact) mass is 636 g/mol. The summed E-state index contributed by atoms with van der Waals surface area (Å²) >= 11 is 0. The van der Waals surface area contributed by atoms with Crippen molar-refractivity contribution in [2.75, 3.05) is 29.9 Å². The number of nitrogens with zero attached hydrogens (tertiary/aromatic N) is 5. The van der Waals surface area contributed by atoms with Crippen LogP contribution in [0.25, 0.3) is 11.0 Å². The SMILES string of the molecule is C/C=C\N1C=CC(Oc2ccc(Nc3ncnc4cc5c(nc34)N(CCCCC)CC(C)CO5)cc2C)=C/C1=C\CC.C=CC(C)=O. The van der Waals surface area contributed by atoms with Crippen molar-refractivity contribution in [3.8, 4) is 11.5 Å². The molecule has 248 valence electrons. The smallest absolute Gasteiger partial charge is 0.172 e. The molecule has 0 radical (unpaired) electrons. The molecule has 0 saturated carbocycles. The lowest BCUT2D eigenvalue weighted by molar-refractivity contribution is -0.112. The summed E-state index contributed by atoms with van der Waals surface area (Å²) in [6.45, 7) is 17.9. The third-order valence-electron chi connectivity index (χ3n) is 7.61. The second kappa shape index (κ2) is 17.1. The van der Waals surface area contributed by atoms with Crippen LogP contribution in [0.5, 0.6) is 11.5 Å². The highest BCUT2D eigenvalue weighted by atomic mass is 16.5. The number of carbonyl (C=O) groups excluding carboxylic acids is 1. The van der Waals surface area contributed by atoms with Gasteiger partial charge in [0.05, 0.1) is 12.1 Å². The molecule has 4 heterocycles. The topological polar surface area (TPSA) is 92.7 Å². The molecule has 0 fully saturated rings. The normalized spacial score (nSPS) is 16.6. The molecule has 5 rings (SSSR count). The van der Waals surface area contributed by atoms with Gasteiger partial charge >= 0.3 is 0 Å². The lowest BCUT2D eigenvalue weighted by Crippen LogP contribution is -2.30. The molecule has 2 aliphatic rings. The van der Waals surface area contributed by atoms with E-state index in [1.165, 1.54) is 25.8 Å². The van der Waals surface area contributed by atoms with Crippen LogP contribution in [0.4, 0.5) is 17.3 Å². The van der Waals surface area contributed by atoms with Crippen LogP contribution in [0, 0.1) is 12.8 Å². The van der Waals surface area contributed by atoms with E-state index in [4.69, 9.17) is 14.5 Å². The number of pyridine rings is 1. The Hall–Kier alpha value is -4.92. The number of hydrogen-bond donors (Lipinski definition) is 1. The van der Waals surface area contributed by atoms with Crippen LogP contribution in [-0.4, -0.2) is 45.3 Å². The largest absolute Gasteiger partial charge is 0.489 e. The van der Waals surface area contributed by atoms with Crippen molar-refractivity contribution in [3.63, 3.8) is 0 Å². The molecule has 0 amide bonds. The number of allylic oxidation sites excluding steroid dienone is 5. The van der Waals surface area contributed by atoms with Crippen LogP contribution < -0.4 is 19.7 Å². The molecule has 1 unspecified atom stereocenters. The number of carbonyl (C=O) groups is 1. The van der Waals surface area contributed by atoms with Gasteiger partial charge in [0.1, 0.15) is 23.4 Å². The summed E-state index contributed by atoms with van der Waals surface area (Å²) < 4.78 is 12.5. The third-order valence-corrected chi connectivity index (χ3v) is 7.61. The third kappa shape index (κ3) is 9.54. The summed E-state index contributed by atoms with van der Waals surface area (Å²) in [4.78, 5) is 28.3. The minimum Gasteiger partial charge on any atom is -0.489 e. The molecule has 0 spiro atoms. The Bertz CT molecular complexity index is 1680. The maximum absolute atomic E-state index is 9.69. The van der Waals surface area contributed by atoms with Crippen LogP contribution in [-0.2, 0) is 4.79 Å². The van der Waals surface area contributed by atoms with Gasteiger partial charge in [0.15, 0.2) is 23.2 Å². The quantitative estimate of drug-likeness (QED) is 0.164. The minimum absolute atomic E-state index is 0.0185. The van der Waals surface area contributed by atoms with Crippen molar-refractivity contribution in [2.45, 2.75) is 67.2 Å². The summed E-state index contributed by atoms with van der Waals surface area (Å²) in [5.74, 6) is 4.37. The van der Waals surface area contributed by atoms with Crippen molar-refractivity contribution in [3.05, 3.63) is 97.0 Å². The van der Waals surface area contributed by atoms with Gasteiger partial charge in [-0.15, -0.1) is 0 Å². The van der Waals surface area contributed by atoms with E-state index < -0.39 is 0 Å². The number of aromatic nitrogens is 3. The van der Waals surface area contributed by atoms with Crippen molar-refractivity contribution >= 4 is 34.1 Å². The Morgan fingerprint density at radius 1 is 1.21 bits per heavy atom. The van der Waals surface area contributed by atoms with Crippen LogP contribution in [0.2, 0.25) is 0 Å². The zero-order valence-corrected chi connectivity index (χ0v) is 28.6. The van der Waals surface area contributed by atoms with Crippen LogP contribution in [0.1, 0.15) is 65.9 Å². The average Bonchev–Trinajstić information content (AvgIpc) is 3.21. The first-order chi connectivity index (χ1) is 22.8. The number of rotatable bonds is 11. The molecule has 9 heteroatoms. The van der Waals surface area contributed by atoms with Gasteiger partial charge in [0.25, 0.3) is 0 Å². The lowest BCUT2D eigenvalue weighted by Gasteiger charge is -2.24. The van der Waals surface area contributed by atoms with E-state index in [9.17, 15) is 4.79 Å². The van der Waals surface area contributed by atoms with E-state index in [0.717, 1.165) is 77.0 Å². The van der Waals surface area contributed by atoms with Gasteiger partial charge in [-0.25, -0.2) is 15.0 Å². The molecule has 2 aliphatic heterocycles. The van der Waals surface area contributed by atoms with Gasteiger partial charge in [-0.05, 0) is 69.5 Å². The van der Waals surface area contributed by atoms with Crippen molar-refractivity contribution < 1.29 is 14.3 Å². The Labute approximate surface area is 279 Å². The van der Waals surface area contributed by atoms with E-state index in [1.807, 2.05) is 56.6 Å². The first-order valence-electron chi connectivity index (χ1n) is 16.5. The number of hydrogen-bond acceptors (Lipinski definition) is 9. The zero-order valence-electron chi connectivity index (χ0n) is 28.6. The first-order valence-corrected chi connectivity index (χ1v) is 16.5. The molecular formula is C38H48N6O3. The van der Waals surface area contributed by atoms with Crippen LogP contribution in [0.15, 0.2) is 91.4 Å². The number of benzene rings is 1. The van der Waals surface area contributed by atoms with Crippen LogP contribution in [0.3, 0.4) is 0 Å². The Kier molecular flexibility index (Phi) is 12.7. The van der Waals surface area contributed by atoms with Gasteiger partial charge in [-0.1, -0.05) is 52.3 Å². The number of aryl methyl sites for hydroxylation is 1. The van der Waals surface area contributed by atoms with Gasteiger partial charge in [0.2, 0.25) is 0 Å². The molecular weight excluding hydrogens is 588 g/mol. The molecule has 0 saturated heterocycles. The number of unbranched alkanes of at least 4 members (excludes halogenated alkanes) is 2. The lowest BCUT2D eigenvalue weighted by atomic mass is 10.1. The van der Waals surface area contributed by atoms with E-state index in [2.05, 4.69) is 70.7 Å². The van der Waals surface area contributed by atoms with Gasteiger partial charge < -0.3 is 24.6 Å². The minimum atomic E-state index is 0.0185. The average molecular weight is 637 g/mol. The summed E-state index contributed by atoms with van der Waals surface area (Å²) in [6.07, 6.45) is 19.6. The number of ketones is 1. The maximum atomic E-state index is 9.69. The maximum Gasteiger partial charge on any atom is 0.172 e. The van der Waals surface area contributed by atoms with E-state index in [-0.39, 0.29) is 5.78 Å². The van der Waals surface area contributed by atoms with Crippen molar-refractivity contribution in [1.82, 2.24) is 19.9 Å². The summed E-state index contributed by atoms with van der Waals surface area (Å²) in [5.41, 5.74) is 4.49. The van der Waals surface area contributed by atoms with E-state index in [0.29, 0.717) is 18.3 Å². The van der Waals surface area contributed by atoms with Crippen molar-refractivity contribution in [2.24, 2.45) is 5.92 Å². The Morgan fingerprint density at radius 2 is 2.02 bits per heavy atom. The number of ether oxygens (including phenoxy) is 2. The molecule has 1 N–H and O–H groups in total. The van der Waals surface area contributed by atoms with Gasteiger partial charge in [-0.2, -0.15) is 0 Å². The predicted molar refractivity (Wildman–Crippen MR) is 192 cm³/mol. The predicted octanol–water partition coefficient (Wildman–Crippen LogP) is 8.78. The van der Waals surface area contributed by atoms with Gasteiger partial charge in [-0.3, -0.25) is 4.79 Å². The highest BCUT2D eigenvalue weighted by Crippen LogP contribution is 2.35. The number of fused-ring (bicyclic) bond motifs is 2. The first kappa shape index (κ1) is 34.9. The number of nitrogens with one attached hydrogen (secondary N) is 1. The molecule has 2 aromatic heterocycles. The van der Waals surface area contributed by atoms with Crippen LogP contribution >= 0.6 is 0 Å². The number of anilines is 3. The fraction of sp³-hybridized carbons (Fsp3) is 0.368. The molecule has 9 nitrogen and oxygen atoms in total. The second-order valence-corrected chi connectivity index (χ2v) is 11.8. The summed E-state index contributed by atoms with van der Waals surface area (Å²) in [5, 5.41) is 3.48. The molecule has 1 aromatic carbocycles. The molecule has 3 aromatic rings. The summed E-state index contributed by atoms with van der Waals surface area (Å²) in [7, 11) is 0. The van der Waals surface area contributed by atoms with Gasteiger partial charge in [0, 0.05) is 54.9 Å². The fourth-order valence-corrected chi connectivity index (χ4v) is 5.23. The highest BCUT2D eigenvalue weighted by Gasteiger charge is 2.24. The summed E-state index contributed by atoms with van der Waals surface area (Å²) in [6, 6.07) is 8.06. The fourth-order valence-electron chi connectivity index (χ4n) is 5.23. The molecule has 47 heavy (non-hydrogen) atoms. The van der Waals surface area contributed by atoms with Crippen molar-refractivity contribution in [1.29, 1.82) is 0 Å². The Balaban J connectivity index is 0.000000930. The Morgan fingerprint density at radius 3 is 2.72 bits per heavy atom. The molecule has 1 atom stereocenters. The molecule has 0 aliphatic carbocycles. The highest BCUT2D eigenvalue weighted by molar-refractivity contribution is 5.90. The standard InChI is InChI=1S/C34H42N6O2.C4H6O/c1-6-9-10-16-40-21-24(4)22-41-31-20-29-32(38-34(31)40)33(36-23-35-29)37-26-12-13-30(25(5)18-26)42-28-14-17-39(15-8-3)27(19-28)11-7-2;1-3-4(2)5/h8,11-15,17-20,23-24H,6-7,9-10,16,21-22H2,1-5H3,(H,35,36,37);3H,1H2,2H3/b15-8-,27-11+;. The molecule has 0 bridgehead atoms. The van der Waals surface area contributed by atoms with E-state index in [1.54, 1.807) is 6.33 Å². The van der Waals surface area contributed by atoms with E-state index >= 15 is 0 Å².